The monoisotopic (exact) mass is 309 g/mol. The molecule has 3 atom stereocenters. The van der Waals surface area contributed by atoms with Gasteiger partial charge in [0.05, 0.1) is 6.07 Å². The van der Waals surface area contributed by atoms with E-state index < -0.39 is 18.0 Å². The molecule has 4 nitrogen and oxygen atoms in total. The molecule has 0 spiro atoms. The summed E-state index contributed by atoms with van der Waals surface area (Å²) in [5, 5.41) is 9.81. The van der Waals surface area contributed by atoms with Crippen LogP contribution in [-0.4, -0.2) is 26.8 Å². The van der Waals surface area contributed by atoms with Gasteiger partial charge in [-0.25, -0.2) is 0 Å². The van der Waals surface area contributed by atoms with Gasteiger partial charge in [-0.2, -0.15) is 5.26 Å². The number of hydrogen-bond donors (Lipinski definition) is 0. The highest BCUT2D eigenvalue weighted by Crippen LogP contribution is 2.43. The Bertz CT molecular complexity index is 699. The zero-order chi connectivity index (χ0) is 16.3. The Balaban J connectivity index is 1.89. The quantitative estimate of drug-likeness (QED) is 0.799. The SMILES string of the molecule is COC1C=C(C2(C#N)C=CC(c3ccccc3)=CC2)C(OC)O1. The lowest BCUT2D eigenvalue weighted by atomic mass is 9.74. The third kappa shape index (κ3) is 2.87. The van der Waals surface area contributed by atoms with Crippen molar-refractivity contribution in [3.8, 4) is 6.07 Å². The molecule has 0 amide bonds. The summed E-state index contributed by atoms with van der Waals surface area (Å²) in [6.07, 6.45) is 7.40. The zero-order valence-corrected chi connectivity index (χ0v) is 13.2. The van der Waals surface area contributed by atoms with Crippen molar-refractivity contribution in [1.29, 1.82) is 5.26 Å². The molecule has 0 bridgehead atoms. The number of methoxy groups -OCH3 is 2. The smallest absolute Gasteiger partial charge is 0.184 e. The van der Waals surface area contributed by atoms with Gasteiger partial charge in [-0.15, -0.1) is 0 Å². The summed E-state index contributed by atoms with van der Waals surface area (Å²) < 4.78 is 16.2. The van der Waals surface area contributed by atoms with Crippen molar-refractivity contribution in [2.45, 2.75) is 19.0 Å². The van der Waals surface area contributed by atoms with Crippen LogP contribution in [0, 0.1) is 16.7 Å². The van der Waals surface area contributed by atoms with Gasteiger partial charge in [-0.05, 0) is 23.6 Å². The summed E-state index contributed by atoms with van der Waals surface area (Å²) >= 11 is 0. The van der Waals surface area contributed by atoms with Crippen molar-refractivity contribution in [2.75, 3.05) is 14.2 Å². The Hall–Kier alpha value is -2.19. The van der Waals surface area contributed by atoms with Gasteiger partial charge in [0.2, 0.25) is 0 Å². The summed E-state index contributed by atoms with van der Waals surface area (Å²) in [7, 11) is 3.14. The molecule has 1 aromatic rings. The predicted molar refractivity (Wildman–Crippen MR) is 87.0 cm³/mol. The van der Waals surface area contributed by atoms with Gasteiger partial charge in [-0.3, -0.25) is 0 Å². The van der Waals surface area contributed by atoms with Crippen LogP contribution in [0.3, 0.4) is 0 Å². The Morgan fingerprint density at radius 3 is 2.57 bits per heavy atom. The number of nitrogens with zero attached hydrogens (tertiary/aromatic N) is 1. The van der Waals surface area contributed by atoms with Crippen molar-refractivity contribution in [1.82, 2.24) is 0 Å². The Kier molecular flexibility index (Phi) is 4.44. The van der Waals surface area contributed by atoms with Crippen LogP contribution in [-0.2, 0) is 14.2 Å². The van der Waals surface area contributed by atoms with Crippen molar-refractivity contribution < 1.29 is 14.2 Å². The minimum absolute atomic E-state index is 0.479. The standard InChI is InChI=1S/C19H19NO3/c1-21-17-12-16(18(22-2)23-17)19(13-20)10-8-15(9-11-19)14-6-4-3-5-7-14/h3-10,12,17-18H,11H2,1-2H3. The number of hydrogen-bond acceptors (Lipinski definition) is 4. The molecule has 0 aromatic heterocycles. The highest BCUT2D eigenvalue weighted by atomic mass is 16.8. The predicted octanol–water partition coefficient (Wildman–Crippen LogP) is 3.44. The fraction of sp³-hybridized carbons (Fsp3) is 0.316. The molecule has 1 aliphatic carbocycles. The van der Waals surface area contributed by atoms with Crippen LogP contribution in [0.4, 0.5) is 0 Å². The average Bonchev–Trinajstić information content (AvgIpc) is 3.07. The molecule has 23 heavy (non-hydrogen) atoms. The molecule has 0 saturated heterocycles. The lowest BCUT2D eigenvalue weighted by molar-refractivity contribution is -0.179. The van der Waals surface area contributed by atoms with Crippen LogP contribution in [0.5, 0.6) is 0 Å². The first-order valence-electron chi connectivity index (χ1n) is 7.52. The highest BCUT2D eigenvalue weighted by molar-refractivity contribution is 5.76. The minimum Gasteiger partial charge on any atom is -0.352 e. The van der Waals surface area contributed by atoms with Gasteiger partial charge in [0.25, 0.3) is 0 Å². The second-order valence-electron chi connectivity index (χ2n) is 5.58. The van der Waals surface area contributed by atoms with Crippen LogP contribution in [0.2, 0.25) is 0 Å². The van der Waals surface area contributed by atoms with E-state index in [4.69, 9.17) is 14.2 Å². The first-order valence-corrected chi connectivity index (χ1v) is 7.52. The summed E-state index contributed by atoms with van der Waals surface area (Å²) in [5.74, 6) is 0. The fourth-order valence-corrected chi connectivity index (χ4v) is 2.97. The maximum atomic E-state index is 9.81. The lowest BCUT2D eigenvalue weighted by Crippen LogP contribution is -2.28. The van der Waals surface area contributed by atoms with E-state index >= 15 is 0 Å². The van der Waals surface area contributed by atoms with E-state index in [1.807, 2.05) is 36.4 Å². The molecule has 0 N–H and O–H groups in total. The molecule has 1 heterocycles. The molecule has 2 aliphatic rings. The van der Waals surface area contributed by atoms with Crippen LogP contribution in [0.15, 0.2) is 60.2 Å². The van der Waals surface area contributed by atoms with Gasteiger partial charge in [-0.1, -0.05) is 48.6 Å². The van der Waals surface area contributed by atoms with Crippen LogP contribution in [0.25, 0.3) is 5.57 Å². The molecule has 3 unspecified atom stereocenters. The molecular formula is C19H19NO3. The molecule has 0 saturated carbocycles. The molecule has 3 rings (SSSR count). The fourth-order valence-electron chi connectivity index (χ4n) is 2.97. The van der Waals surface area contributed by atoms with Crippen LogP contribution >= 0.6 is 0 Å². The molecule has 4 heteroatoms. The van der Waals surface area contributed by atoms with E-state index in [1.54, 1.807) is 14.2 Å². The van der Waals surface area contributed by atoms with Crippen molar-refractivity contribution in [3.05, 3.63) is 65.8 Å². The summed E-state index contributed by atoms with van der Waals surface area (Å²) in [6.45, 7) is 0. The van der Waals surface area contributed by atoms with E-state index in [0.29, 0.717) is 6.42 Å². The zero-order valence-electron chi connectivity index (χ0n) is 13.2. The summed E-state index contributed by atoms with van der Waals surface area (Å²) in [4.78, 5) is 0. The van der Waals surface area contributed by atoms with Crippen molar-refractivity contribution in [2.24, 2.45) is 5.41 Å². The number of ether oxygens (including phenoxy) is 3. The maximum Gasteiger partial charge on any atom is 0.184 e. The van der Waals surface area contributed by atoms with Gasteiger partial charge in [0.15, 0.2) is 12.6 Å². The highest BCUT2D eigenvalue weighted by Gasteiger charge is 2.42. The van der Waals surface area contributed by atoms with E-state index in [0.717, 1.165) is 16.7 Å². The third-order valence-electron chi connectivity index (χ3n) is 4.29. The average molecular weight is 309 g/mol. The molecule has 118 valence electrons. The molecular weight excluding hydrogens is 290 g/mol. The Morgan fingerprint density at radius 2 is 2.00 bits per heavy atom. The minimum atomic E-state index is -0.758. The number of benzene rings is 1. The molecule has 1 aromatic carbocycles. The van der Waals surface area contributed by atoms with Crippen LogP contribution < -0.4 is 0 Å². The first kappa shape index (κ1) is 15.7. The number of allylic oxidation sites excluding steroid dienone is 4. The first-order chi connectivity index (χ1) is 11.2. The normalized spacial score (nSPS) is 29.8. The molecule has 0 radical (unpaired) electrons. The van der Waals surface area contributed by atoms with Gasteiger partial charge in [0, 0.05) is 19.8 Å². The largest absolute Gasteiger partial charge is 0.352 e. The van der Waals surface area contributed by atoms with Crippen molar-refractivity contribution >= 4 is 5.57 Å². The summed E-state index contributed by atoms with van der Waals surface area (Å²) in [5.41, 5.74) is 2.30. The topological polar surface area (TPSA) is 51.5 Å². The third-order valence-corrected chi connectivity index (χ3v) is 4.29. The Morgan fingerprint density at radius 1 is 1.22 bits per heavy atom. The second-order valence-corrected chi connectivity index (χ2v) is 5.58. The molecule has 0 fully saturated rings. The molecule has 1 aliphatic heterocycles. The summed E-state index contributed by atoms with van der Waals surface area (Å²) in [6, 6.07) is 12.6. The Labute approximate surface area is 136 Å². The van der Waals surface area contributed by atoms with Gasteiger partial charge in [0.1, 0.15) is 5.41 Å². The van der Waals surface area contributed by atoms with Gasteiger partial charge < -0.3 is 14.2 Å². The van der Waals surface area contributed by atoms with E-state index in [1.165, 1.54) is 0 Å². The van der Waals surface area contributed by atoms with E-state index in [9.17, 15) is 5.26 Å². The second kappa shape index (κ2) is 6.51. The number of rotatable bonds is 4. The lowest BCUT2D eigenvalue weighted by Gasteiger charge is -2.29. The maximum absolute atomic E-state index is 9.81. The van der Waals surface area contributed by atoms with Gasteiger partial charge >= 0.3 is 0 Å². The van der Waals surface area contributed by atoms with Crippen LogP contribution in [0.1, 0.15) is 12.0 Å². The number of nitriles is 1. The van der Waals surface area contributed by atoms with Crippen molar-refractivity contribution in [3.63, 3.8) is 0 Å². The van der Waals surface area contributed by atoms with E-state index in [-0.39, 0.29) is 0 Å². The van der Waals surface area contributed by atoms with E-state index in [2.05, 4.69) is 24.3 Å².